The van der Waals surface area contributed by atoms with Crippen LogP contribution in [0.2, 0.25) is 20.1 Å². The van der Waals surface area contributed by atoms with Gasteiger partial charge in [-0.05, 0) is 85.7 Å². The van der Waals surface area contributed by atoms with Crippen LogP contribution in [-0.4, -0.2) is 36.5 Å². The van der Waals surface area contributed by atoms with Gasteiger partial charge in [-0.15, -0.1) is 0 Å². The van der Waals surface area contributed by atoms with Gasteiger partial charge >= 0.3 is 0 Å². The molecular weight excluding hydrogens is 536 g/mol. The van der Waals surface area contributed by atoms with Gasteiger partial charge in [-0.25, -0.2) is 0 Å². The van der Waals surface area contributed by atoms with E-state index in [1.165, 1.54) is 5.69 Å². The van der Waals surface area contributed by atoms with Gasteiger partial charge in [0.25, 0.3) is 0 Å². The number of rotatable bonds is 9. The fourth-order valence-corrected chi connectivity index (χ4v) is 5.71. The molecule has 0 saturated carbocycles. The number of anilines is 1. The number of para-hydroxylation sites is 1. The van der Waals surface area contributed by atoms with E-state index in [0.29, 0.717) is 32.6 Å². The van der Waals surface area contributed by atoms with E-state index in [4.69, 9.17) is 52.1 Å². The van der Waals surface area contributed by atoms with Gasteiger partial charge in [-0.3, -0.25) is 4.79 Å². The Morgan fingerprint density at radius 3 is 2.31 bits per heavy atom. The monoisotopic (exact) mass is 563 g/mol. The molecule has 8 heteroatoms. The van der Waals surface area contributed by atoms with Crippen LogP contribution in [0.15, 0.2) is 60.7 Å². The zero-order valence-corrected chi connectivity index (χ0v) is 22.8. The van der Waals surface area contributed by atoms with Crippen molar-refractivity contribution in [2.45, 2.75) is 37.6 Å². The topological polar surface area (TPSA) is 58.4 Å². The number of likely N-dealkylation sites (tertiary alicyclic amines) is 1. The number of benzene rings is 3. The Bertz CT molecular complexity index is 1200. The number of carbonyl (C=O) groups excluding carboxylic acids is 1. The lowest BCUT2D eigenvalue weighted by Crippen LogP contribution is -2.39. The zero-order valence-electron chi connectivity index (χ0n) is 19.8. The average Bonchev–Trinajstić information content (AvgIpc) is 2.86. The summed E-state index contributed by atoms with van der Waals surface area (Å²) in [5.74, 6) is -0.492. The number of primary amides is 1. The van der Waals surface area contributed by atoms with Gasteiger partial charge in [0.1, 0.15) is 0 Å². The smallest absolute Gasteiger partial charge is 0.250 e. The SMILES string of the molecule is NC(=O)c1ccc(Cl)c(CC(CCN2CCC(Nc3ccccc3)CC2)c2ccc(Cl)c(Cl)c2)c1Cl. The summed E-state index contributed by atoms with van der Waals surface area (Å²) in [5.41, 5.74) is 8.74. The van der Waals surface area contributed by atoms with Crippen LogP contribution in [0.25, 0.3) is 0 Å². The quantitative estimate of drug-likeness (QED) is 0.280. The molecule has 0 aliphatic carbocycles. The van der Waals surface area contributed by atoms with Gasteiger partial charge in [-0.1, -0.05) is 70.7 Å². The summed E-state index contributed by atoms with van der Waals surface area (Å²) in [7, 11) is 0. The van der Waals surface area contributed by atoms with Gasteiger partial charge < -0.3 is 16.0 Å². The van der Waals surface area contributed by atoms with Gasteiger partial charge in [0.15, 0.2) is 0 Å². The first kappa shape index (κ1) is 27.1. The van der Waals surface area contributed by atoms with E-state index in [0.717, 1.165) is 50.0 Å². The van der Waals surface area contributed by atoms with E-state index in [1.54, 1.807) is 12.1 Å². The van der Waals surface area contributed by atoms with Gasteiger partial charge in [-0.2, -0.15) is 0 Å². The van der Waals surface area contributed by atoms with Crippen molar-refractivity contribution in [2.24, 2.45) is 5.73 Å². The van der Waals surface area contributed by atoms with Gasteiger partial charge in [0.2, 0.25) is 5.91 Å². The summed E-state index contributed by atoms with van der Waals surface area (Å²) in [6, 6.07) is 19.8. The Labute approximate surface area is 232 Å². The lowest BCUT2D eigenvalue weighted by atomic mass is 9.88. The molecule has 3 N–H and O–H groups in total. The first-order valence-corrected chi connectivity index (χ1v) is 13.6. The number of halogens is 4. The van der Waals surface area contributed by atoms with Crippen LogP contribution < -0.4 is 11.1 Å². The van der Waals surface area contributed by atoms with E-state index < -0.39 is 5.91 Å². The van der Waals surface area contributed by atoms with E-state index in [1.807, 2.05) is 24.3 Å². The van der Waals surface area contributed by atoms with Crippen molar-refractivity contribution in [3.8, 4) is 0 Å². The Hall–Kier alpha value is -1.95. The molecule has 190 valence electrons. The maximum atomic E-state index is 11.8. The van der Waals surface area contributed by atoms with Crippen LogP contribution >= 0.6 is 46.4 Å². The third-order valence-electron chi connectivity index (χ3n) is 6.84. The molecule has 3 aromatic rings. The highest BCUT2D eigenvalue weighted by Gasteiger charge is 2.23. The minimum atomic E-state index is -0.573. The van der Waals surface area contributed by atoms with Crippen LogP contribution in [0.1, 0.15) is 46.7 Å². The van der Waals surface area contributed by atoms with E-state index >= 15 is 0 Å². The largest absolute Gasteiger partial charge is 0.382 e. The van der Waals surface area contributed by atoms with Crippen molar-refractivity contribution in [2.75, 3.05) is 25.0 Å². The summed E-state index contributed by atoms with van der Waals surface area (Å²) >= 11 is 25.6. The first-order valence-electron chi connectivity index (χ1n) is 12.1. The molecule has 36 heavy (non-hydrogen) atoms. The number of hydrogen-bond donors (Lipinski definition) is 2. The highest BCUT2D eigenvalue weighted by atomic mass is 35.5. The van der Waals surface area contributed by atoms with Crippen molar-refractivity contribution in [3.05, 3.63) is 97.4 Å². The van der Waals surface area contributed by atoms with Crippen LogP contribution in [0.3, 0.4) is 0 Å². The van der Waals surface area contributed by atoms with Crippen molar-refractivity contribution in [3.63, 3.8) is 0 Å². The highest BCUT2D eigenvalue weighted by Crippen LogP contribution is 2.36. The number of amides is 1. The number of nitrogens with zero attached hydrogens (tertiary/aromatic N) is 1. The fourth-order valence-electron chi connectivity index (χ4n) is 4.78. The summed E-state index contributed by atoms with van der Waals surface area (Å²) in [5, 5.41) is 5.49. The molecule has 0 bridgehead atoms. The van der Waals surface area contributed by atoms with Gasteiger partial charge in [0, 0.05) is 29.8 Å². The normalized spacial score (nSPS) is 15.6. The van der Waals surface area contributed by atoms with Crippen LogP contribution in [0.5, 0.6) is 0 Å². The van der Waals surface area contributed by atoms with E-state index in [-0.39, 0.29) is 11.5 Å². The lowest BCUT2D eigenvalue weighted by molar-refractivity contribution is 0.100. The molecule has 1 amide bonds. The molecule has 4 rings (SSSR count). The molecule has 1 heterocycles. The number of nitrogens with two attached hydrogens (primary N) is 1. The van der Waals surface area contributed by atoms with Crippen LogP contribution in [0, 0.1) is 0 Å². The number of carbonyl (C=O) groups is 1. The van der Waals surface area contributed by atoms with Gasteiger partial charge in [0.05, 0.1) is 20.6 Å². The van der Waals surface area contributed by atoms with Crippen molar-refractivity contribution < 1.29 is 4.79 Å². The molecular formula is C28H29Cl4N3O. The Kier molecular flexibility index (Phi) is 9.43. The van der Waals surface area contributed by atoms with E-state index in [2.05, 4.69) is 34.5 Å². The van der Waals surface area contributed by atoms with Crippen molar-refractivity contribution in [1.82, 2.24) is 4.90 Å². The third-order valence-corrected chi connectivity index (χ3v) is 8.37. The first-order chi connectivity index (χ1) is 17.3. The van der Waals surface area contributed by atoms with Crippen molar-refractivity contribution in [1.29, 1.82) is 0 Å². The molecule has 1 saturated heterocycles. The predicted molar refractivity (Wildman–Crippen MR) is 152 cm³/mol. The predicted octanol–water partition coefficient (Wildman–Crippen LogP) is 7.69. The lowest BCUT2D eigenvalue weighted by Gasteiger charge is -2.34. The molecule has 1 fully saturated rings. The third kappa shape index (κ3) is 6.87. The molecule has 0 radical (unpaired) electrons. The minimum Gasteiger partial charge on any atom is -0.382 e. The number of piperidine rings is 1. The summed E-state index contributed by atoms with van der Waals surface area (Å²) < 4.78 is 0. The summed E-state index contributed by atoms with van der Waals surface area (Å²) in [6.45, 7) is 2.97. The Morgan fingerprint density at radius 2 is 1.64 bits per heavy atom. The number of nitrogens with one attached hydrogen (secondary N) is 1. The molecule has 1 aliphatic rings. The molecule has 4 nitrogen and oxygen atoms in total. The summed E-state index contributed by atoms with van der Waals surface area (Å²) in [6.07, 6.45) is 3.61. The number of hydrogen-bond acceptors (Lipinski definition) is 3. The van der Waals surface area contributed by atoms with Crippen LogP contribution in [-0.2, 0) is 6.42 Å². The summed E-state index contributed by atoms with van der Waals surface area (Å²) in [4.78, 5) is 14.3. The van der Waals surface area contributed by atoms with E-state index in [9.17, 15) is 4.79 Å². The fraction of sp³-hybridized carbons (Fsp3) is 0.321. The minimum absolute atomic E-state index is 0.0815. The molecule has 0 aromatic heterocycles. The second-order valence-electron chi connectivity index (χ2n) is 9.24. The second kappa shape index (κ2) is 12.5. The molecule has 1 atom stereocenters. The zero-order chi connectivity index (χ0) is 25.7. The van der Waals surface area contributed by atoms with Crippen molar-refractivity contribution >= 4 is 58.0 Å². The maximum Gasteiger partial charge on any atom is 0.250 e. The second-order valence-corrected chi connectivity index (χ2v) is 10.8. The molecule has 0 spiro atoms. The average molecular weight is 565 g/mol. The highest BCUT2D eigenvalue weighted by molar-refractivity contribution is 6.42. The van der Waals surface area contributed by atoms with Crippen LogP contribution in [0.4, 0.5) is 5.69 Å². The standard InChI is InChI=1S/C28H29Cl4N3O/c29-24-9-7-22(28(33)36)27(32)23(24)16-19(18-6-8-25(30)26(31)17-18)10-13-35-14-11-21(12-15-35)34-20-4-2-1-3-5-20/h1-9,17,19,21,34H,10-16H2,(H2,33,36). The maximum absolute atomic E-state index is 11.8. The molecule has 3 aromatic carbocycles. The Morgan fingerprint density at radius 1 is 0.944 bits per heavy atom. The molecule has 1 unspecified atom stereocenters. The Balaban J connectivity index is 1.46. The molecule has 1 aliphatic heterocycles.